The Morgan fingerprint density at radius 1 is 1.30 bits per heavy atom. The van der Waals surface area contributed by atoms with E-state index in [4.69, 9.17) is 10.5 Å². The minimum Gasteiger partial charge on any atom is -0.482 e. The Morgan fingerprint density at radius 3 is 2.85 bits per heavy atom. The second-order valence-corrected chi connectivity index (χ2v) is 5.17. The van der Waals surface area contributed by atoms with E-state index in [2.05, 4.69) is 5.10 Å². The number of hydrogen-bond donors (Lipinski definition) is 1. The Bertz CT molecular complexity index is 570. The third-order valence-electron chi connectivity index (χ3n) is 3.72. The maximum Gasteiger partial charge on any atom is 0.178 e. The van der Waals surface area contributed by atoms with Gasteiger partial charge in [-0.15, -0.1) is 0 Å². The number of aromatic nitrogens is 2. The molecule has 1 heterocycles. The second-order valence-electron chi connectivity index (χ2n) is 5.17. The molecule has 1 fully saturated rings. The van der Waals surface area contributed by atoms with Gasteiger partial charge in [-0.25, -0.2) is 4.39 Å². The zero-order valence-electron chi connectivity index (χ0n) is 11.3. The highest BCUT2D eigenvalue weighted by Crippen LogP contribution is 2.29. The average molecular weight is 275 g/mol. The molecule has 1 aromatic carbocycles. The van der Waals surface area contributed by atoms with Crippen LogP contribution in [-0.2, 0) is 6.61 Å². The number of rotatable bonds is 4. The fourth-order valence-electron chi connectivity index (χ4n) is 2.65. The van der Waals surface area contributed by atoms with E-state index in [1.165, 1.54) is 31.7 Å². The van der Waals surface area contributed by atoms with Crippen molar-refractivity contribution in [2.45, 2.75) is 38.3 Å². The quantitative estimate of drug-likeness (QED) is 0.871. The zero-order valence-corrected chi connectivity index (χ0v) is 11.3. The SMILES string of the molecule is Nc1cccc(F)c1OCc1ccn(C2CCCC2)n1. The summed E-state index contributed by atoms with van der Waals surface area (Å²) >= 11 is 0. The maximum absolute atomic E-state index is 13.6. The summed E-state index contributed by atoms with van der Waals surface area (Å²) in [6.07, 6.45) is 6.87. The van der Waals surface area contributed by atoms with Gasteiger partial charge in [0.2, 0.25) is 0 Å². The lowest BCUT2D eigenvalue weighted by molar-refractivity contribution is 0.285. The molecule has 0 bridgehead atoms. The molecule has 0 unspecified atom stereocenters. The van der Waals surface area contributed by atoms with Gasteiger partial charge in [0.25, 0.3) is 0 Å². The summed E-state index contributed by atoms with van der Waals surface area (Å²) in [5.41, 5.74) is 6.80. The van der Waals surface area contributed by atoms with Crippen molar-refractivity contribution in [1.29, 1.82) is 0 Å². The topological polar surface area (TPSA) is 53.1 Å². The monoisotopic (exact) mass is 275 g/mol. The highest BCUT2D eigenvalue weighted by atomic mass is 19.1. The van der Waals surface area contributed by atoms with Crippen molar-refractivity contribution in [2.75, 3.05) is 5.73 Å². The summed E-state index contributed by atoms with van der Waals surface area (Å²) in [7, 11) is 0. The van der Waals surface area contributed by atoms with Crippen molar-refractivity contribution in [3.05, 3.63) is 42.0 Å². The number of nitrogens with two attached hydrogens (primary N) is 1. The molecule has 0 aliphatic heterocycles. The van der Waals surface area contributed by atoms with Crippen LogP contribution in [0.3, 0.4) is 0 Å². The van der Waals surface area contributed by atoms with Crippen LogP contribution in [0.1, 0.15) is 37.4 Å². The largest absolute Gasteiger partial charge is 0.482 e. The molecule has 5 heteroatoms. The molecular weight excluding hydrogens is 257 g/mol. The molecule has 0 atom stereocenters. The van der Waals surface area contributed by atoms with Crippen LogP contribution in [0.15, 0.2) is 30.5 Å². The maximum atomic E-state index is 13.6. The molecule has 20 heavy (non-hydrogen) atoms. The summed E-state index contributed by atoms with van der Waals surface area (Å²) < 4.78 is 21.0. The number of benzene rings is 1. The Hall–Kier alpha value is -2.04. The van der Waals surface area contributed by atoms with E-state index in [1.807, 2.05) is 16.9 Å². The van der Waals surface area contributed by atoms with Crippen LogP contribution in [0, 0.1) is 5.82 Å². The smallest absolute Gasteiger partial charge is 0.178 e. The number of nitrogen functional groups attached to an aromatic ring is 1. The number of hydrogen-bond acceptors (Lipinski definition) is 3. The first kappa shape index (κ1) is 13.0. The second kappa shape index (κ2) is 5.53. The Morgan fingerprint density at radius 2 is 2.10 bits per heavy atom. The molecule has 2 aromatic rings. The van der Waals surface area contributed by atoms with Gasteiger partial charge in [-0.05, 0) is 31.0 Å². The molecule has 4 nitrogen and oxygen atoms in total. The summed E-state index contributed by atoms with van der Waals surface area (Å²) in [5, 5.41) is 4.50. The number of ether oxygens (including phenoxy) is 1. The first-order valence-corrected chi connectivity index (χ1v) is 6.95. The lowest BCUT2D eigenvalue weighted by Gasteiger charge is -2.10. The minimum absolute atomic E-state index is 0.0999. The van der Waals surface area contributed by atoms with Gasteiger partial charge < -0.3 is 10.5 Å². The first-order valence-electron chi connectivity index (χ1n) is 6.95. The zero-order chi connectivity index (χ0) is 13.9. The normalized spacial score (nSPS) is 15.7. The van der Waals surface area contributed by atoms with Crippen LogP contribution >= 0.6 is 0 Å². The van der Waals surface area contributed by atoms with Crippen LogP contribution in [0.2, 0.25) is 0 Å². The molecule has 1 aromatic heterocycles. The Labute approximate surface area is 117 Å². The van der Waals surface area contributed by atoms with Crippen molar-refractivity contribution >= 4 is 5.69 Å². The van der Waals surface area contributed by atoms with Crippen LogP contribution in [0.5, 0.6) is 5.75 Å². The highest BCUT2D eigenvalue weighted by molar-refractivity contribution is 5.52. The van der Waals surface area contributed by atoms with Crippen molar-refractivity contribution in [2.24, 2.45) is 0 Å². The van der Waals surface area contributed by atoms with Crippen molar-refractivity contribution < 1.29 is 9.13 Å². The van der Waals surface area contributed by atoms with E-state index in [1.54, 1.807) is 12.1 Å². The summed E-state index contributed by atoms with van der Waals surface area (Å²) in [6.45, 7) is 0.227. The number of anilines is 1. The van der Waals surface area contributed by atoms with Crippen molar-refractivity contribution in [3.8, 4) is 5.75 Å². The molecule has 1 aliphatic carbocycles. The summed E-state index contributed by atoms with van der Waals surface area (Å²) in [6, 6.07) is 6.93. The lowest BCUT2D eigenvalue weighted by atomic mass is 10.3. The van der Waals surface area contributed by atoms with Gasteiger partial charge in [-0.2, -0.15) is 5.10 Å². The van der Waals surface area contributed by atoms with Gasteiger partial charge in [0, 0.05) is 6.20 Å². The van der Waals surface area contributed by atoms with Crippen molar-refractivity contribution in [1.82, 2.24) is 9.78 Å². The van der Waals surface area contributed by atoms with Crippen LogP contribution < -0.4 is 10.5 Å². The highest BCUT2D eigenvalue weighted by Gasteiger charge is 2.17. The van der Waals surface area contributed by atoms with Crippen LogP contribution in [-0.4, -0.2) is 9.78 Å². The molecule has 1 saturated carbocycles. The van der Waals surface area contributed by atoms with E-state index in [0.29, 0.717) is 11.7 Å². The van der Waals surface area contributed by atoms with E-state index in [-0.39, 0.29) is 12.4 Å². The lowest BCUT2D eigenvalue weighted by Crippen LogP contribution is -2.07. The molecule has 106 valence electrons. The van der Waals surface area contributed by atoms with Crippen LogP contribution in [0.4, 0.5) is 10.1 Å². The predicted octanol–water partition coefficient (Wildman–Crippen LogP) is 3.30. The third kappa shape index (κ3) is 2.61. The fourth-order valence-corrected chi connectivity index (χ4v) is 2.65. The van der Waals surface area contributed by atoms with Gasteiger partial charge in [0.1, 0.15) is 6.61 Å². The molecule has 0 amide bonds. The van der Waals surface area contributed by atoms with Gasteiger partial charge in [-0.3, -0.25) is 4.68 Å². The molecular formula is C15H18FN3O. The van der Waals surface area contributed by atoms with Crippen LogP contribution in [0.25, 0.3) is 0 Å². The van der Waals surface area contributed by atoms with Crippen molar-refractivity contribution in [3.63, 3.8) is 0 Å². The predicted molar refractivity (Wildman–Crippen MR) is 74.9 cm³/mol. The van der Waals surface area contributed by atoms with E-state index in [9.17, 15) is 4.39 Å². The molecule has 0 saturated heterocycles. The number of nitrogens with zero attached hydrogens (tertiary/aromatic N) is 2. The molecule has 1 aliphatic rings. The van der Waals surface area contributed by atoms with E-state index in [0.717, 1.165) is 5.69 Å². The molecule has 3 rings (SSSR count). The Kier molecular flexibility index (Phi) is 3.58. The number of halogens is 1. The summed E-state index contributed by atoms with van der Waals surface area (Å²) in [4.78, 5) is 0. The van der Waals surface area contributed by atoms with Gasteiger partial charge >= 0.3 is 0 Å². The van der Waals surface area contributed by atoms with Gasteiger partial charge in [0.05, 0.1) is 17.4 Å². The molecule has 0 spiro atoms. The minimum atomic E-state index is -0.444. The fraction of sp³-hybridized carbons (Fsp3) is 0.400. The standard InChI is InChI=1S/C15H18FN3O/c16-13-6-3-7-14(17)15(13)20-10-11-8-9-19(18-11)12-4-1-2-5-12/h3,6-9,12H,1-2,4-5,10,17H2. The molecule has 0 radical (unpaired) electrons. The Balaban J connectivity index is 1.66. The third-order valence-corrected chi connectivity index (χ3v) is 3.72. The summed E-state index contributed by atoms with van der Waals surface area (Å²) in [5.74, 6) is -0.344. The van der Waals surface area contributed by atoms with E-state index >= 15 is 0 Å². The van der Waals surface area contributed by atoms with Gasteiger partial charge in [-0.1, -0.05) is 18.9 Å². The average Bonchev–Trinajstić information content (AvgIpc) is 3.09. The van der Waals surface area contributed by atoms with Gasteiger partial charge in [0.15, 0.2) is 11.6 Å². The molecule has 2 N–H and O–H groups in total. The van der Waals surface area contributed by atoms with E-state index < -0.39 is 5.82 Å². The first-order chi connectivity index (χ1) is 9.74. The number of para-hydroxylation sites is 1.